The highest BCUT2D eigenvalue weighted by molar-refractivity contribution is 7.91. The molecule has 43 heavy (non-hydrogen) atoms. The van der Waals surface area contributed by atoms with Crippen molar-refractivity contribution < 1.29 is 36.2 Å². The van der Waals surface area contributed by atoms with Crippen LogP contribution in [0.1, 0.15) is 35.9 Å². The molecule has 4 heterocycles. The summed E-state index contributed by atoms with van der Waals surface area (Å²) in [6.07, 6.45) is -0.892. The molecule has 1 aromatic carbocycles. The fraction of sp³-hybridized carbons (Fsp3) is 0.357. The Balaban J connectivity index is 1.50. The van der Waals surface area contributed by atoms with Gasteiger partial charge in [-0.05, 0) is 43.5 Å². The Morgan fingerprint density at radius 3 is 2.53 bits per heavy atom. The van der Waals surface area contributed by atoms with Gasteiger partial charge < -0.3 is 19.5 Å². The number of rotatable bonds is 10. The SMILES string of the molecule is COc1ccc(Cn2c(C(=O)NC3(C)CCS(=O)(=O)CC3)nc3ccc(Oc4ncc(Cl)cc4OCC(F)F)nc32)cc1. The van der Waals surface area contributed by atoms with E-state index in [1.165, 1.54) is 18.3 Å². The average Bonchev–Trinajstić information content (AvgIpc) is 3.33. The summed E-state index contributed by atoms with van der Waals surface area (Å²) in [6.45, 7) is 1.13. The number of imidazole rings is 1. The number of pyridine rings is 2. The minimum atomic E-state index is -3.14. The lowest BCUT2D eigenvalue weighted by atomic mass is 9.95. The number of nitrogens with one attached hydrogen (secondary N) is 1. The third-order valence-corrected chi connectivity index (χ3v) is 8.82. The lowest BCUT2D eigenvalue weighted by molar-refractivity contribution is 0.0803. The van der Waals surface area contributed by atoms with Gasteiger partial charge in [0.05, 0.1) is 30.2 Å². The van der Waals surface area contributed by atoms with Crippen molar-refractivity contribution in [2.45, 2.75) is 38.3 Å². The van der Waals surface area contributed by atoms with Gasteiger partial charge >= 0.3 is 0 Å². The number of ether oxygens (including phenoxy) is 3. The number of sulfone groups is 1. The molecule has 3 aromatic heterocycles. The smallest absolute Gasteiger partial charge is 0.287 e. The summed E-state index contributed by atoms with van der Waals surface area (Å²) >= 11 is 5.97. The highest BCUT2D eigenvalue weighted by Gasteiger charge is 2.36. The molecule has 1 aliphatic rings. The van der Waals surface area contributed by atoms with E-state index in [-0.39, 0.29) is 59.2 Å². The van der Waals surface area contributed by atoms with Crippen molar-refractivity contribution in [2.24, 2.45) is 0 Å². The maximum atomic E-state index is 13.6. The summed E-state index contributed by atoms with van der Waals surface area (Å²) in [5.41, 5.74) is 0.779. The number of hydrogen-bond donors (Lipinski definition) is 1. The molecule has 228 valence electrons. The van der Waals surface area contributed by atoms with E-state index in [2.05, 4.69) is 20.3 Å². The van der Waals surface area contributed by atoms with Crippen LogP contribution in [-0.2, 0) is 16.4 Å². The fourth-order valence-corrected chi connectivity index (χ4v) is 6.44. The van der Waals surface area contributed by atoms with Crippen molar-refractivity contribution in [2.75, 3.05) is 25.2 Å². The topological polar surface area (TPSA) is 135 Å². The van der Waals surface area contributed by atoms with Crippen LogP contribution in [0, 0.1) is 0 Å². The molecule has 0 spiro atoms. The second kappa shape index (κ2) is 12.3. The van der Waals surface area contributed by atoms with Gasteiger partial charge in [-0.1, -0.05) is 23.7 Å². The molecule has 1 N–H and O–H groups in total. The van der Waals surface area contributed by atoms with Crippen LogP contribution in [0.5, 0.6) is 23.3 Å². The molecule has 1 fully saturated rings. The van der Waals surface area contributed by atoms with Crippen LogP contribution >= 0.6 is 11.6 Å². The third-order valence-electron chi connectivity index (χ3n) is 6.97. The van der Waals surface area contributed by atoms with E-state index in [0.717, 1.165) is 5.56 Å². The summed E-state index contributed by atoms with van der Waals surface area (Å²) in [4.78, 5) is 26.8. The molecule has 0 bridgehead atoms. The van der Waals surface area contributed by atoms with Gasteiger partial charge in [-0.15, -0.1) is 0 Å². The first-order chi connectivity index (χ1) is 20.4. The largest absolute Gasteiger partial charge is 0.497 e. The lowest BCUT2D eigenvalue weighted by Gasteiger charge is -2.34. The molecule has 11 nitrogen and oxygen atoms in total. The van der Waals surface area contributed by atoms with Crippen LogP contribution in [0.2, 0.25) is 5.02 Å². The molecule has 0 unspecified atom stereocenters. The minimum absolute atomic E-state index is 0.0178. The molecule has 1 saturated heterocycles. The first-order valence-corrected chi connectivity index (χ1v) is 15.4. The first kappa shape index (κ1) is 30.4. The number of aromatic nitrogens is 4. The number of carbonyl (C=O) groups is 1. The quantitative estimate of drug-likeness (QED) is 0.264. The number of hydrogen-bond acceptors (Lipinski definition) is 9. The zero-order chi connectivity index (χ0) is 30.8. The second-order valence-corrected chi connectivity index (χ2v) is 13.0. The highest BCUT2D eigenvalue weighted by Crippen LogP contribution is 2.32. The molecule has 15 heteroatoms. The predicted octanol–water partition coefficient (Wildman–Crippen LogP) is 4.67. The van der Waals surface area contributed by atoms with E-state index >= 15 is 0 Å². The molecular formula is C28H28ClF2N5O6S. The predicted molar refractivity (Wildman–Crippen MR) is 154 cm³/mol. The Kier molecular flexibility index (Phi) is 8.69. The van der Waals surface area contributed by atoms with Crippen molar-refractivity contribution in [3.8, 4) is 23.3 Å². The Morgan fingerprint density at radius 1 is 1.14 bits per heavy atom. The zero-order valence-electron chi connectivity index (χ0n) is 23.2. The number of amides is 1. The number of nitrogens with zero attached hydrogens (tertiary/aromatic N) is 4. The summed E-state index contributed by atoms with van der Waals surface area (Å²) in [7, 11) is -1.58. The Morgan fingerprint density at radius 2 is 1.86 bits per heavy atom. The highest BCUT2D eigenvalue weighted by atomic mass is 35.5. The van der Waals surface area contributed by atoms with Gasteiger partial charge in [-0.2, -0.15) is 4.98 Å². The van der Waals surface area contributed by atoms with E-state index in [1.54, 1.807) is 29.9 Å². The average molecular weight is 636 g/mol. The summed E-state index contributed by atoms with van der Waals surface area (Å²) < 4.78 is 67.3. The van der Waals surface area contributed by atoms with Gasteiger partial charge in [0.25, 0.3) is 18.2 Å². The van der Waals surface area contributed by atoms with Gasteiger partial charge in [0.15, 0.2) is 11.4 Å². The van der Waals surface area contributed by atoms with Gasteiger partial charge in [0.2, 0.25) is 11.7 Å². The minimum Gasteiger partial charge on any atom is -0.497 e. The number of benzene rings is 1. The Bertz CT molecular complexity index is 1740. The summed E-state index contributed by atoms with van der Waals surface area (Å²) in [5, 5.41) is 3.14. The zero-order valence-corrected chi connectivity index (χ0v) is 24.8. The van der Waals surface area contributed by atoms with Crippen LogP contribution < -0.4 is 19.5 Å². The van der Waals surface area contributed by atoms with Crippen molar-refractivity contribution in [3.63, 3.8) is 0 Å². The van der Waals surface area contributed by atoms with Crippen LogP contribution in [0.25, 0.3) is 11.2 Å². The maximum Gasteiger partial charge on any atom is 0.287 e. The summed E-state index contributed by atoms with van der Waals surface area (Å²) in [5.74, 6) is 0.0172. The van der Waals surface area contributed by atoms with Crippen LogP contribution in [0.4, 0.5) is 8.78 Å². The lowest BCUT2D eigenvalue weighted by Crippen LogP contribution is -2.51. The third kappa shape index (κ3) is 7.31. The second-order valence-electron chi connectivity index (χ2n) is 10.3. The van der Waals surface area contributed by atoms with Crippen LogP contribution in [-0.4, -0.2) is 71.0 Å². The van der Waals surface area contributed by atoms with Crippen molar-refractivity contribution >= 4 is 38.5 Å². The van der Waals surface area contributed by atoms with E-state index in [9.17, 15) is 22.0 Å². The Hall–Kier alpha value is -4.04. The number of fused-ring (bicyclic) bond motifs is 1. The number of alkyl halides is 2. The molecule has 0 atom stereocenters. The molecule has 0 radical (unpaired) electrons. The molecule has 0 aliphatic carbocycles. The van der Waals surface area contributed by atoms with Crippen molar-refractivity contribution in [1.82, 2.24) is 24.8 Å². The van der Waals surface area contributed by atoms with E-state index in [0.29, 0.717) is 16.9 Å². The number of carbonyl (C=O) groups excluding carboxylic acids is 1. The van der Waals surface area contributed by atoms with Crippen molar-refractivity contribution in [1.29, 1.82) is 0 Å². The molecule has 0 saturated carbocycles. The normalized spacial score (nSPS) is 15.8. The van der Waals surface area contributed by atoms with Gasteiger partial charge in [-0.3, -0.25) is 9.36 Å². The Labute approximate surface area is 251 Å². The molecular weight excluding hydrogens is 608 g/mol. The standard InChI is InChI=1S/C28H28ClF2N5O6S/c1-28(9-11-43(38,39)12-10-28)35-26(37)25-33-20-7-8-23(42-27-21(41-16-22(30)31)13-18(29)14-32-27)34-24(20)36(25)15-17-3-5-19(40-2)6-4-17/h3-8,13-14,22H,9-12,15-16H2,1-2H3,(H,35,37). The number of halogens is 3. The van der Waals surface area contributed by atoms with Gasteiger partial charge in [-0.25, -0.2) is 27.2 Å². The summed E-state index contributed by atoms with van der Waals surface area (Å²) in [6, 6.07) is 11.6. The maximum absolute atomic E-state index is 13.6. The van der Waals surface area contributed by atoms with Crippen molar-refractivity contribution in [3.05, 3.63) is 65.1 Å². The molecule has 1 aliphatic heterocycles. The first-order valence-electron chi connectivity index (χ1n) is 13.2. The van der Waals surface area contributed by atoms with Gasteiger partial charge in [0.1, 0.15) is 27.7 Å². The van der Waals surface area contributed by atoms with E-state index < -0.39 is 34.3 Å². The number of methoxy groups -OCH3 is 1. The molecule has 1 amide bonds. The van der Waals surface area contributed by atoms with Crippen LogP contribution in [0.3, 0.4) is 0 Å². The van der Waals surface area contributed by atoms with E-state index in [4.69, 9.17) is 25.8 Å². The van der Waals surface area contributed by atoms with Crippen LogP contribution in [0.15, 0.2) is 48.7 Å². The van der Waals surface area contributed by atoms with Gasteiger partial charge in [0, 0.05) is 23.9 Å². The molecule has 4 aromatic rings. The van der Waals surface area contributed by atoms with E-state index in [1.807, 2.05) is 19.1 Å². The molecule has 5 rings (SSSR count). The fourth-order valence-electron chi connectivity index (χ4n) is 4.56. The monoisotopic (exact) mass is 635 g/mol.